The predicted octanol–water partition coefficient (Wildman–Crippen LogP) is 2.49. The van der Waals surface area contributed by atoms with Gasteiger partial charge in [0.25, 0.3) is 0 Å². The zero-order valence-electron chi connectivity index (χ0n) is 9.08. The molecule has 0 aliphatic carbocycles. The van der Waals surface area contributed by atoms with Crippen molar-refractivity contribution in [2.24, 2.45) is 0 Å². The van der Waals surface area contributed by atoms with Gasteiger partial charge in [0.05, 0.1) is 6.61 Å². The number of hydrogen-bond acceptors (Lipinski definition) is 2. The van der Waals surface area contributed by atoms with Crippen LogP contribution in [0.1, 0.15) is 30.9 Å². The van der Waals surface area contributed by atoms with E-state index < -0.39 is 0 Å². The van der Waals surface area contributed by atoms with Crippen LogP contribution >= 0.6 is 0 Å². The number of aryl methyl sites for hydroxylation is 1. The molecule has 0 aliphatic heterocycles. The summed E-state index contributed by atoms with van der Waals surface area (Å²) in [6.45, 7) is 6.79. The Morgan fingerprint density at radius 2 is 2.07 bits per heavy atom. The third kappa shape index (κ3) is 2.74. The number of ether oxygens (including phenoxy) is 1. The summed E-state index contributed by atoms with van der Waals surface area (Å²) in [5, 5.41) is 8.64. The van der Waals surface area contributed by atoms with Crippen LogP contribution in [0.3, 0.4) is 0 Å². The SMILES string of the molecule is Cc1cc(C(C)C)ccc1OCCO. The summed E-state index contributed by atoms with van der Waals surface area (Å²) < 4.78 is 5.37. The minimum Gasteiger partial charge on any atom is -0.491 e. The average Bonchev–Trinajstić information content (AvgIpc) is 2.15. The summed E-state index contributed by atoms with van der Waals surface area (Å²) in [4.78, 5) is 0. The Morgan fingerprint density at radius 3 is 2.57 bits per heavy atom. The molecule has 78 valence electrons. The first-order chi connectivity index (χ1) is 6.65. The van der Waals surface area contributed by atoms with Gasteiger partial charge in [-0.15, -0.1) is 0 Å². The second-order valence-electron chi connectivity index (χ2n) is 3.75. The van der Waals surface area contributed by atoms with E-state index in [1.807, 2.05) is 13.0 Å². The summed E-state index contributed by atoms with van der Waals surface area (Å²) in [6.07, 6.45) is 0. The Hall–Kier alpha value is -1.02. The molecule has 0 aliphatic rings. The number of aliphatic hydroxyl groups is 1. The fourth-order valence-corrected chi connectivity index (χ4v) is 1.35. The van der Waals surface area contributed by atoms with Crippen molar-refractivity contribution in [1.82, 2.24) is 0 Å². The first-order valence-corrected chi connectivity index (χ1v) is 4.99. The first kappa shape index (κ1) is 11.1. The highest BCUT2D eigenvalue weighted by Crippen LogP contribution is 2.23. The van der Waals surface area contributed by atoms with Gasteiger partial charge < -0.3 is 9.84 Å². The van der Waals surface area contributed by atoms with E-state index in [1.165, 1.54) is 5.56 Å². The monoisotopic (exact) mass is 194 g/mol. The van der Waals surface area contributed by atoms with E-state index in [9.17, 15) is 0 Å². The molecule has 1 N–H and O–H groups in total. The van der Waals surface area contributed by atoms with Crippen molar-refractivity contribution in [3.8, 4) is 5.75 Å². The molecule has 14 heavy (non-hydrogen) atoms. The normalized spacial score (nSPS) is 10.6. The van der Waals surface area contributed by atoms with Crippen molar-refractivity contribution >= 4 is 0 Å². The quantitative estimate of drug-likeness (QED) is 0.798. The number of benzene rings is 1. The van der Waals surface area contributed by atoms with Gasteiger partial charge in [0.1, 0.15) is 12.4 Å². The Balaban J connectivity index is 2.79. The van der Waals surface area contributed by atoms with Crippen molar-refractivity contribution in [1.29, 1.82) is 0 Å². The standard InChI is InChI=1S/C12H18O2/c1-9(2)11-4-5-12(10(3)8-11)14-7-6-13/h4-5,8-9,13H,6-7H2,1-3H3. The molecule has 0 saturated heterocycles. The van der Waals surface area contributed by atoms with Crippen LogP contribution in [0.4, 0.5) is 0 Å². The number of hydrogen-bond donors (Lipinski definition) is 1. The molecule has 0 radical (unpaired) electrons. The van der Waals surface area contributed by atoms with Gasteiger partial charge in [0, 0.05) is 0 Å². The lowest BCUT2D eigenvalue weighted by Crippen LogP contribution is -2.03. The molecule has 0 amide bonds. The van der Waals surface area contributed by atoms with Gasteiger partial charge in [0.15, 0.2) is 0 Å². The van der Waals surface area contributed by atoms with Crippen molar-refractivity contribution in [3.63, 3.8) is 0 Å². The van der Waals surface area contributed by atoms with Crippen molar-refractivity contribution in [2.75, 3.05) is 13.2 Å². The lowest BCUT2D eigenvalue weighted by atomic mass is 10.0. The van der Waals surface area contributed by atoms with E-state index in [-0.39, 0.29) is 6.61 Å². The van der Waals surface area contributed by atoms with Gasteiger partial charge in [-0.2, -0.15) is 0 Å². The highest BCUT2D eigenvalue weighted by Gasteiger charge is 2.03. The van der Waals surface area contributed by atoms with Crippen molar-refractivity contribution < 1.29 is 9.84 Å². The Morgan fingerprint density at radius 1 is 1.36 bits per heavy atom. The third-order valence-corrected chi connectivity index (χ3v) is 2.21. The van der Waals surface area contributed by atoms with Gasteiger partial charge in [-0.25, -0.2) is 0 Å². The molecule has 0 aromatic heterocycles. The van der Waals surface area contributed by atoms with Crippen LogP contribution < -0.4 is 4.74 Å². The molecule has 1 rings (SSSR count). The minimum atomic E-state index is 0.0609. The van der Waals surface area contributed by atoms with E-state index in [0.717, 1.165) is 11.3 Å². The fraction of sp³-hybridized carbons (Fsp3) is 0.500. The predicted molar refractivity (Wildman–Crippen MR) is 57.8 cm³/mol. The summed E-state index contributed by atoms with van der Waals surface area (Å²) in [6, 6.07) is 6.18. The van der Waals surface area contributed by atoms with Gasteiger partial charge >= 0.3 is 0 Å². The smallest absolute Gasteiger partial charge is 0.122 e. The summed E-state index contributed by atoms with van der Waals surface area (Å²) in [5.74, 6) is 1.41. The average molecular weight is 194 g/mol. The van der Waals surface area contributed by atoms with E-state index in [4.69, 9.17) is 9.84 Å². The highest BCUT2D eigenvalue weighted by molar-refractivity contribution is 5.37. The summed E-state index contributed by atoms with van der Waals surface area (Å²) in [5.41, 5.74) is 2.45. The molecule has 0 atom stereocenters. The van der Waals surface area contributed by atoms with Crippen LogP contribution in [0.25, 0.3) is 0 Å². The van der Waals surface area contributed by atoms with Crippen LogP contribution in [0.15, 0.2) is 18.2 Å². The molecule has 0 heterocycles. The molecule has 0 fully saturated rings. The van der Waals surface area contributed by atoms with E-state index >= 15 is 0 Å². The third-order valence-electron chi connectivity index (χ3n) is 2.21. The molecular formula is C12H18O2. The van der Waals surface area contributed by atoms with E-state index in [1.54, 1.807) is 0 Å². The molecular weight excluding hydrogens is 176 g/mol. The maximum atomic E-state index is 8.64. The highest BCUT2D eigenvalue weighted by atomic mass is 16.5. The Labute approximate surface area is 85.5 Å². The van der Waals surface area contributed by atoms with Gasteiger partial charge in [-0.1, -0.05) is 26.0 Å². The molecule has 1 aromatic carbocycles. The van der Waals surface area contributed by atoms with Crippen LogP contribution in [-0.2, 0) is 0 Å². The lowest BCUT2D eigenvalue weighted by Gasteiger charge is -2.11. The molecule has 1 aromatic rings. The largest absolute Gasteiger partial charge is 0.491 e. The zero-order chi connectivity index (χ0) is 10.6. The molecule has 0 bridgehead atoms. The molecule has 0 spiro atoms. The molecule has 2 nitrogen and oxygen atoms in total. The van der Waals surface area contributed by atoms with Gasteiger partial charge in [-0.05, 0) is 30.0 Å². The van der Waals surface area contributed by atoms with Gasteiger partial charge in [0.2, 0.25) is 0 Å². The number of rotatable bonds is 4. The zero-order valence-corrected chi connectivity index (χ0v) is 9.08. The second-order valence-corrected chi connectivity index (χ2v) is 3.75. The minimum absolute atomic E-state index is 0.0609. The first-order valence-electron chi connectivity index (χ1n) is 4.99. The van der Waals surface area contributed by atoms with E-state index in [2.05, 4.69) is 26.0 Å². The number of aliphatic hydroxyl groups excluding tert-OH is 1. The van der Waals surface area contributed by atoms with Crippen molar-refractivity contribution in [3.05, 3.63) is 29.3 Å². The van der Waals surface area contributed by atoms with Crippen LogP contribution in [0.5, 0.6) is 5.75 Å². The molecule has 2 heteroatoms. The van der Waals surface area contributed by atoms with Crippen molar-refractivity contribution in [2.45, 2.75) is 26.7 Å². The summed E-state index contributed by atoms with van der Waals surface area (Å²) in [7, 11) is 0. The summed E-state index contributed by atoms with van der Waals surface area (Å²) >= 11 is 0. The molecule has 0 unspecified atom stereocenters. The fourth-order valence-electron chi connectivity index (χ4n) is 1.35. The van der Waals surface area contributed by atoms with Crippen LogP contribution in [0.2, 0.25) is 0 Å². The van der Waals surface area contributed by atoms with Crippen LogP contribution in [-0.4, -0.2) is 18.3 Å². The van der Waals surface area contributed by atoms with Gasteiger partial charge in [-0.3, -0.25) is 0 Å². The molecule has 0 saturated carbocycles. The van der Waals surface area contributed by atoms with E-state index in [0.29, 0.717) is 12.5 Å². The lowest BCUT2D eigenvalue weighted by molar-refractivity contribution is 0.200. The Bertz CT molecular complexity index is 292. The Kier molecular flexibility index (Phi) is 3.96. The maximum absolute atomic E-state index is 8.64. The van der Waals surface area contributed by atoms with Crippen LogP contribution in [0, 0.1) is 6.92 Å². The topological polar surface area (TPSA) is 29.5 Å². The maximum Gasteiger partial charge on any atom is 0.122 e. The second kappa shape index (κ2) is 5.01.